The zero-order valence-corrected chi connectivity index (χ0v) is 11.8. The second-order valence-corrected chi connectivity index (χ2v) is 6.70. The number of hydrogen-bond donors (Lipinski definition) is 0. The zero-order valence-electron chi connectivity index (χ0n) is 11.0. The summed E-state index contributed by atoms with van der Waals surface area (Å²) in [5, 5.41) is 0. The van der Waals surface area contributed by atoms with Crippen molar-refractivity contribution in [3.63, 3.8) is 0 Å². The molecule has 1 fully saturated rings. The van der Waals surface area contributed by atoms with Crippen LogP contribution >= 0.6 is 0 Å². The minimum Gasteiger partial charge on any atom is -0.472 e. The van der Waals surface area contributed by atoms with E-state index in [1.165, 1.54) is 18.6 Å². The Hall–Kier alpha value is -1.42. The van der Waals surface area contributed by atoms with Crippen LogP contribution in [-0.2, 0) is 10.0 Å². The Labute approximate surface area is 120 Å². The molecule has 0 aromatic carbocycles. The fourth-order valence-corrected chi connectivity index (χ4v) is 3.46. The Balaban J connectivity index is 1.89. The summed E-state index contributed by atoms with van der Waals surface area (Å²) < 4.78 is 66.5. The number of aromatic nitrogens is 2. The highest BCUT2D eigenvalue weighted by Gasteiger charge is 2.36. The van der Waals surface area contributed by atoms with Crippen molar-refractivity contribution >= 4 is 10.0 Å². The van der Waals surface area contributed by atoms with Gasteiger partial charge in [0.2, 0.25) is 15.9 Å². The van der Waals surface area contributed by atoms with Crippen molar-refractivity contribution < 1.29 is 26.3 Å². The molecule has 6 nitrogen and oxygen atoms in total. The van der Waals surface area contributed by atoms with Gasteiger partial charge in [0.05, 0.1) is 24.9 Å². The molecule has 21 heavy (non-hydrogen) atoms. The van der Waals surface area contributed by atoms with Gasteiger partial charge < -0.3 is 4.74 Å². The topological polar surface area (TPSA) is 72.4 Å². The molecule has 1 aliphatic heterocycles. The molecular formula is C11H14F3N3O3S. The number of hydrogen-bond acceptors (Lipinski definition) is 5. The molecule has 0 aliphatic carbocycles. The lowest BCUT2D eigenvalue weighted by atomic mass is 10.3. The second kappa shape index (κ2) is 6.14. The summed E-state index contributed by atoms with van der Waals surface area (Å²) in [5.74, 6) is -0.675. The van der Waals surface area contributed by atoms with Crippen molar-refractivity contribution in [3.8, 4) is 5.88 Å². The third-order valence-corrected chi connectivity index (χ3v) is 4.81. The standard InChI is InChI=1S/C11H14F3N3O3S/c12-11(13,14)2-6-21(18,19)17-5-1-9(8-17)20-10-7-15-3-4-16-10/h3-4,7,9H,1-2,5-6,8H2. The van der Waals surface area contributed by atoms with E-state index >= 15 is 0 Å². The normalized spacial score (nSPS) is 20.6. The molecule has 0 saturated carbocycles. The Morgan fingerprint density at radius 3 is 2.76 bits per heavy atom. The van der Waals surface area contributed by atoms with E-state index < -0.39 is 34.5 Å². The first kappa shape index (κ1) is 16.0. The van der Waals surface area contributed by atoms with Crippen LogP contribution < -0.4 is 4.74 Å². The lowest BCUT2D eigenvalue weighted by Crippen LogP contribution is -2.34. The minimum absolute atomic E-state index is 0.0246. The van der Waals surface area contributed by atoms with Crippen molar-refractivity contribution in [3.05, 3.63) is 18.6 Å². The van der Waals surface area contributed by atoms with Gasteiger partial charge in [0.25, 0.3) is 0 Å². The van der Waals surface area contributed by atoms with Crippen LogP contribution in [0.2, 0.25) is 0 Å². The molecule has 1 unspecified atom stereocenters. The van der Waals surface area contributed by atoms with Crippen LogP contribution in [0.15, 0.2) is 18.6 Å². The first-order chi connectivity index (χ1) is 9.76. The van der Waals surface area contributed by atoms with Crippen molar-refractivity contribution in [2.75, 3.05) is 18.8 Å². The van der Waals surface area contributed by atoms with E-state index in [4.69, 9.17) is 4.74 Å². The maximum atomic E-state index is 12.1. The van der Waals surface area contributed by atoms with Crippen LogP contribution in [0.4, 0.5) is 13.2 Å². The molecule has 0 bridgehead atoms. The van der Waals surface area contributed by atoms with Gasteiger partial charge in [-0.05, 0) is 6.42 Å². The van der Waals surface area contributed by atoms with Crippen LogP contribution in [0, 0.1) is 0 Å². The molecule has 1 aromatic rings. The smallest absolute Gasteiger partial charge is 0.390 e. The Morgan fingerprint density at radius 2 is 2.14 bits per heavy atom. The Bertz CT molecular complexity index is 565. The first-order valence-electron chi connectivity index (χ1n) is 6.23. The van der Waals surface area contributed by atoms with Crippen molar-refractivity contribution in [2.24, 2.45) is 0 Å². The van der Waals surface area contributed by atoms with Crippen LogP contribution in [0.1, 0.15) is 12.8 Å². The van der Waals surface area contributed by atoms with Gasteiger partial charge in [-0.3, -0.25) is 4.98 Å². The number of nitrogens with zero attached hydrogens (tertiary/aromatic N) is 3. The minimum atomic E-state index is -4.48. The highest BCUT2D eigenvalue weighted by atomic mass is 32.2. The average Bonchev–Trinajstić information content (AvgIpc) is 2.86. The lowest BCUT2D eigenvalue weighted by molar-refractivity contribution is -0.130. The number of sulfonamides is 1. The molecule has 10 heteroatoms. The van der Waals surface area contributed by atoms with Gasteiger partial charge in [-0.25, -0.2) is 13.4 Å². The highest BCUT2D eigenvalue weighted by Crippen LogP contribution is 2.23. The molecule has 1 atom stereocenters. The molecule has 118 valence electrons. The highest BCUT2D eigenvalue weighted by molar-refractivity contribution is 7.89. The van der Waals surface area contributed by atoms with E-state index in [1.807, 2.05) is 0 Å². The van der Waals surface area contributed by atoms with Gasteiger partial charge in [0, 0.05) is 18.9 Å². The van der Waals surface area contributed by atoms with Gasteiger partial charge >= 0.3 is 6.18 Å². The van der Waals surface area contributed by atoms with Crippen LogP contribution in [0.3, 0.4) is 0 Å². The predicted molar refractivity (Wildman–Crippen MR) is 67.1 cm³/mol. The first-order valence-corrected chi connectivity index (χ1v) is 7.84. The monoisotopic (exact) mass is 325 g/mol. The summed E-state index contributed by atoms with van der Waals surface area (Å²) >= 11 is 0. The molecule has 0 spiro atoms. The van der Waals surface area contributed by atoms with E-state index in [0.717, 1.165) is 4.31 Å². The summed E-state index contributed by atoms with van der Waals surface area (Å²) in [6.07, 6.45) is -1.56. The molecule has 2 heterocycles. The summed E-state index contributed by atoms with van der Waals surface area (Å²) in [6.45, 7) is 0.169. The summed E-state index contributed by atoms with van der Waals surface area (Å²) in [6, 6.07) is 0. The van der Waals surface area contributed by atoms with Crippen LogP contribution in [0.5, 0.6) is 5.88 Å². The Kier molecular flexibility index (Phi) is 4.67. The van der Waals surface area contributed by atoms with Crippen LogP contribution in [-0.4, -0.2) is 53.8 Å². The largest absolute Gasteiger partial charge is 0.472 e. The van der Waals surface area contributed by atoms with Gasteiger partial charge in [-0.15, -0.1) is 0 Å². The summed E-state index contributed by atoms with van der Waals surface area (Å²) in [7, 11) is -3.92. The fraction of sp³-hybridized carbons (Fsp3) is 0.636. The third kappa shape index (κ3) is 4.81. The number of rotatable bonds is 5. The fourth-order valence-electron chi connectivity index (χ4n) is 1.94. The number of ether oxygens (including phenoxy) is 1. The predicted octanol–water partition coefficient (Wildman–Crippen LogP) is 1.21. The molecule has 0 radical (unpaired) electrons. The van der Waals surface area contributed by atoms with Crippen molar-refractivity contribution in [1.29, 1.82) is 0 Å². The van der Waals surface area contributed by atoms with E-state index in [0.29, 0.717) is 6.42 Å². The van der Waals surface area contributed by atoms with E-state index in [1.54, 1.807) is 0 Å². The van der Waals surface area contributed by atoms with Crippen molar-refractivity contribution in [2.45, 2.75) is 25.1 Å². The van der Waals surface area contributed by atoms with E-state index in [-0.39, 0.29) is 19.0 Å². The molecule has 2 rings (SSSR count). The summed E-state index contributed by atoms with van der Waals surface area (Å²) in [4.78, 5) is 7.70. The van der Waals surface area contributed by atoms with Crippen molar-refractivity contribution in [1.82, 2.24) is 14.3 Å². The maximum absolute atomic E-state index is 12.1. The maximum Gasteiger partial charge on any atom is 0.390 e. The van der Waals surface area contributed by atoms with Gasteiger partial charge in [0.1, 0.15) is 6.10 Å². The SMILES string of the molecule is O=S(=O)(CCC(F)(F)F)N1CCC(Oc2cnccn2)C1. The average molecular weight is 325 g/mol. The number of alkyl halides is 3. The third-order valence-electron chi connectivity index (χ3n) is 2.97. The molecule has 0 N–H and O–H groups in total. The summed E-state index contributed by atoms with van der Waals surface area (Å²) in [5.41, 5.74) is 0. The quantitative estimate of drug-likeness (QED) is 0.814. The molecule has 0 amide bonds. The van der Waals surface area contributed by atoms with Crippen LogP contribution in [0.25, 0.3) is 0 Å². The molecular weight excluding hydrogens is 311 g/mol. The molecule has 1 saturated heterocycles. The number of halogens is 3. The second-order valence-electron chi connectivity index (χ2n) is 4.61. The molecule has 1 aromatic heterocycles. The Morgan fingerprint density at radius 1 is 1.38 bits per heavy atom. The zero-order chi connectivity index (χ0) is 15.5. The van der Waals surface area contributed by atoms with E-state index in [2.05, 4.69) is 9.97 Å². The van der Waals surface area contributed by atoms with Gasteiger partial charge in [-0.1, -0.05) is 0 Å². The molecule has 1 aliphatic rings. The van der Waals surface area contributed by atoms with E-state index in [9.17, 15) is 21.6 Å². The van der Waals surface area contributed by atoms with Gasteiger partial charge in [-0.2, -0.15) is 17.5 Å². The lowest BCUT2D eigenvalue weighted by Gasteiger charge is -2.17. The van der Waals surface area contributed by atoms with Gasteiger partial charge in [0.15, 0.2) is 0 Å².